The Morgan fingerprint density at radius 3 is 2.40 bits per heavy atom. The van der Waals surface area contributed by atoms with Gasteiger partial charge in [-0.2, -0.15) is 0 Å². The predicted octanol–water partition coefficient (Wildman–Crippen LogP) is 7.59. The smallest absolute Gasteiger partial charge is 0.268 e. The number of nitrogens with zero attached hydrogens (tertiary/aromatic N) is 2. The molecule has 306 valence electrons. The van der Waals surface area contributed by atoms with Crippen LogP contribution in [0.5, 0.6) is 5.75 Å². The molecule has 3 aliphatic heterocycles. The second-order valence-corrected chi connectivity index (χ2v) is 21.7. The molecule has 4 heterocycles. The molecule has 1 saturated heterocycles. The minimum absolute atomic E-state index is 0.0387. The van der Waals surface area contributed by atoms with Crippen molar-refractivity contribution in [1.82, 2.24) is 9.88 Å². The quantitative estimate of drug-likeness (QED) is 0.123. The van der Waals surface area contributed by atoms with Gasteiger partial charge < -0.3 is 29.8 Å². The van der Waals surface area contributed by atoms with E-state index in [2.05, 4.69) is 48.5 Å². The lowest BCUT2D eigenvalue weighted by Gasteiger charge is -2.39. The molecule has 3 aliphatic rings. The Labute approximate surface area is 351 Å². The van der Waals surface area contributed by atoms with E-state index in [1.54, 1.807) is 16.9 Å². The third kappa shape index (κ3) is 6.61. The summed E-state index contributed by atoms with van der Waals surface area (Å²) < 4.78 is 12.9. The first-order chi connectivity index (χ1) is 29.0. The van der Waals surface area contributed by atoms with Gasteiger partial charge in [0, 0.05) is 46.5 Å². The number of H-pyrrole nitrogens is 1. The fourth-order valence-electron chi connectivity index (χ4n) is 10.3. The predicted molar refractivity (Wildman–Crippen MR) is 236 cm³/mol. The molecule has 6 aromatic rings. The molecule has 1 aromatic heterocycles. The highest BCUT2D eigenvalue weighted by atomic mass is 28.3. The average Bonchev–Trinajstić information content (AvgIpc) is 3.89. The summed E-state index contributed by atoms with van der Waals surface area (Å²) in [4.78, 5) is 50.7. The number of fused-ring (bicyclic) bond motifs is 4. The van der Waals surface area contributed by atoms with Crippen molar-refractivity contribution in [1.29, 1.82) is 0 Å². The molecule has 0 radical (unpaired) electrons. The van der Waals surface area contributed by atoms with Crippen LogP contribution in [-0.4, -0.2) is 66.6 Å². The topological polar surface area (TPSA) is 124 Å². The third-order valence-electron chi connectivity index (χ3n) is 13.3. The van der Waals surface area contributed by atoms with Crippen LogP contribution in [0.15, 0.2) is 128 Å². The van der Waals surface area contributed by atoms with Crippen LogP contribution in [0.4, 0.5) is 17.1 Å². The fraction of sp³-hybridized carbons (Fsp3) is 0.286. The Hall–Kier alpha value is -6.01. The van der Waals surface area contributed by atoms with E-state index < -0.39 is 19.8 Å². The van der Waals surface area contributed by atoms with E-state index in [0.29, 0.717) is 35.6 Å². The van der Waals surface area contributed by atoms with Gasteiger partial charge in [-0.15, -0.1) is 0 Å². The molecule has 5 aromatic carbocycles. The van der Waals surface area contributed by atoms with Gasteiger partial charge in [-0.3, -0.25) is 19.3 Å². The van der Waals surface area contributed by atoms with E-state index in [1.807, 2.05) is 109 Å². The maximum atomic E-state index is 15.5. The first-order valence-electron chi connectivity index (χ1n) is 20.7. The molecule has 1 fully saturated rings. The number of methoxy groups -OCH3 is 1. The number of rotatable bonds is 10. The molecule has 0 aliphatic carbocycles. The van der Waals surface area contributed by atoms with Crippen molar-refractivity contribution >= 4 is 58.9 Å². The third-order valence-corrected chi connectivity index (χ3v) is 17.7. The van der Waals surface area contributed by atoms with Crippen LogP contribution < -0.4 is 20.1 Å². The van der Waals surface area contributed by atoms with Crippen LogP contribution in [-0.2, 0) is 44.1 Å². The Bertz CT molecular complexity index is 2590. The molecule has 60 heavy (non-hydrogen) atoms. The van der Waals surface area contributed by atoms with Gasteiger partial charge >= 0.3 is 0 Å². The number of para-hydroxylation sites is 2. The molecule has 10 nitrogen and oxygen atoms in total. The number of aliphatic hydroxyl groups excluding tert-OH is 1. The van der Waals surface area contributed by atoms with Crippen molar-refractivity contribution in [2.24, 2.45) is 5.92 Å². The van der Waals surface area contributed by atoms with Crippen LogP contribution in [0.2, 0.25) is 18.6 Å². The van der Waals surface area contributed by atoms with Gasteiger partial charge in [-0.25, -0.2) is 0 Å². The van der Waals surface area contributed by atoms with Crippen molar-refractivity contribution in [3.05, 3.63) is 150 Å². The first-order valence-corrected chi connectivity index (χ1v) is 23.8. The van der Waals surface area contributed by atoms with E-state index in [9.17, 15) is 14.7 Å². The Balaban J connectivity index is 1.12. The second-order valence-electron chi connectivity index (χ2n) is 17.0. The minimum atomic E-state index is -2.60. The van der Waals surface area contributed by atoms with E-state index in [4.69, 9.17) is 9.47 Å². The number of benzene rings is 5. The Morgan fingerprint density at radius 1 is 0.933 bits per heavy atom. The minimum Gasteiger partial charge on any atom is -0.497 e. The van der Waals surface area contributed by atoms with Crippen LogP contribution in [0.3, 0.4) is 0 Å². The molecule has 5 atom stereocenters. The first kappa shape index (κ1) is 39.4. The van der Waals surface area contributed by atoms with Gasteiger partial charge in [0.25, 0.3) is 5.91 Å². The number of anilines is 3. The molecule has 0 saturated carbocycles. The molecule has 0 bridgehead atoms. The van der Waals surface area contributed by atoms with Gasteiger partial charge in [-0.05, 0) is 77.2 Å². The summed E-state index contributed by atoms with van der Waals surface area (Å²) in [6.45, 7) is 6.91. The maximum Gasteiger partial charge on any atom is 0.268 e. The number of aromatic amines is 1. The fourth-order valence-corrected chi connectivity index (χ4v) is 14.3. The number of hydrogen-bond donors (Lipinski definition) is 3. The SMILES string of the molecule is COc1ccc([Si](C)(C)[C@@H]2[C@@H](CC(=O)N3Cc4ccccc4C[C@H]3CO)O[C@]3(C(=O)N(c4ccccc4)c4ccc(NC(=O)Cc5c[nH]c6ccccc56)cc43)[C@H]2C)cc1. The molecule has 0 unspecified atom stereocenters. The summed E-state index contributed by atoms with van der Waals surface area (Å²) in [5.41, 5.74) is 4.97. The molecular formula is C49H50N4O6Si. The van der Waals surface area contributed by atoms with Gasteiger partial charge in [0.05, 0.1) is 52.5 Å². The molecule has 3 amide bonds. The lowest BCUT2D eigenvalue weighted by Crippen LogP contribution is -2.52. The number of aromatic nitrogens is 1. The van der Waals surface area contributed by atoms with Crippen LogP contribution >= 0.6 is 0 Å². The van der Waals surface area contributed by atoms with Gasteiger partial charge in [0.1, 0.15) is 5.75 Å². The van der Waals surface area contributed by atoms with Crippen molar-refractivity contribution < 1.29 is 29.0 Å². The summed E-state index contributed by atoms with van der Waals surface area (Å²) in [5, 5.41) is 15.8. The lowest BCUT2D eigenvalue weighted by molar-refractivity contribution is -0.150. The highest BCUT2D eigenvalue weighted by Crippen LogP contribution is 2.61. The number of nitrogens with one attached hydrogen (secondary N) is 2. The van der Waals surface area contributed by atoms with Crippen molar-refractivity contribution in [3.63, 3.8) is 0 Å². The summed E-state index contributed by atoms with van der Waals surface area (Å²) in [6.07, 6.45) is 2.00. The van der Waals surface area contributed by atoms with Crippen LogP contribution in [0.1, 0.15) is 35.6 Å². The highest BCUT2D eigenvalue weighted by molar-refractivity contribution is 6.91. The Morgan fingerprint density at radius 2 is 1.65 bits per heavy atom. The summed E-state index contributed by atoms with van der Waals surface area (Å²) in [5.74, 6) is -0.161. The number of hydrogen-bond acceptors (Lipinski definition) is 6. The number of carbonyl (C=O) groups is 3. The molecule has 3 N–H and O–H groups in total. The van der Waals surface area contributed by atoms with Gasteiger partial charge in [-0.1, -0.05) is 98.0 Å². The van der Waals surface area contributed by atoms with Gasteiger partial charge in [0.15, 0.2) is 5.60 Å². The molecule has 9 rings (SSSR count). The number of carbonyl (C=O) groups excluding carboxylic acids is 3. The Kier molecular flexibility index (Phi) is 10.2. The van der Waals surface area contributed by atoms with Crippen molar-refractivity contribution in [2.75, 3.05) is 23.9 Å². The molecular weight excluding hydrogens is 769 g/mol. The molecule has 11 heteroatoms. The number of amides is 3. The van der Waals surface area contributed by atoms with E-state index in [1.165, 1.54) is 0 Å². The summed E-state index contributed by atoms with van der Waals surface area (Å²) >= 11 is 0. The zero-order valence-electron chi connectivity index (χ0n) is 34.4. The van der Waals surface area contributed by atoms with Crippen molar-refractivity contribution in [2.45, 2.75) is 69.1 Å². The zero-order chi connectivity index (χ0) is 41.8. The average molecular weight is 819 g/mol. The molecule has 1 spiro atoms. The maximum absolute atomic E-state index is 15.5. The van der Waals surface area contributed by atoms with E-state index in [-0.39, 0.29) is 54.7 Å². The number of aliphatic hydroxyl groups is 1. The lowest BCUT2D eigenvalue weighted by atomic mass is 9.82. The second kappa shape index (κ2) is 15.5. The van der Waals surface area contributed by atoms with Crippen LogP contribution in [0.25, 0.3) is 10.9 Å². The summed E-state index contributed by atoms with van der Waals surface area (Å²) in [6, 6.07) is 38.9. The highest BCUT2D eigenvalue weighted by Gasteiger charge is 2.67. The number of ether oxygens (including phenoxy) is 2. The van der Waals surface area contributed by atoms with Gasteiger partial charge in [0.2, 0.25) is 11.8 Å². The van der Waals surface area contributed by atoms with E-state index >= 15 is 4.79 Å². The monoisotopic (exact) mass is 818 g/mol. The normalized spacial score (nSPS) is 22.2. The van der Waals surface area contributed by atoms with E-state index in [0.717, 1.165) is 38.5 Å². The summed E-state index contributed by atoms with van der Waals surface area (Å²) in [7, 11) is -0.948. The van der Waals surface area contributed by atoms with Crippen molar-refractivity contribution in [3.8, 4) is 5.75 Å². The standard InChI is InChI=1S/C49H50N4O6Si/c1-31-47(60(3,4)39-21-19-38(58-2)20-22-39)44(27-46(56)52-29-33-13-9-8-12-32(33)24-37(52)30-54)59-49(31)41-26-35(18-23-43(41)53(48(49)57)36-14-6-5-7-15-36)51-45(55)25-34-28-50-42-17-11-10-16-40(34)42/h5-23,26,28,31,37,44,47,50,54H,24-25,27,29-30H2,1-4H3,(H,51,55)/t31-,37-,44+,47-,49+/m0/s1. The van der Waals surface area contributed by atoms with Crippen LogP contribution in [0, 0.1) is 5.92 Å². The largest absolute Gasteiger partial charge is 0.497 e. The zero-order valence-corrected chi connectivity index (χ0v) is 35.4.